The smallest absolute Gasteiger partial charge is 0.303 e. The second-order valence-corrected chi connectivity index (χ2v) is 7.96. The second kappa shape index (κ2) is 6.36. The third-order valence-corrected chi connectivity index (χ3v) is 6.14. The minimum absolute atomic E-state index is 0.0446. The molecule has 0 aromatic heterocycles. The highest BCUT2D eigenvalue weighted by Gasteiger charge is 2.25. The number of carbonyl (C=O) groups is 1. The monoisotopic (exact) mass is 348 g/mol. The van der Waals surface area contributed by atoms with Gasteiger partial charge in [0.2, 0.25) is 9.84 Å². The number of hydrogen-bond acceptors (Lipinski definition) is 3. The molecule has 0 radical (unpaired) electrons. The number of sulfone groups is 1. The van der Waals surface area contributed by atoms with Crippen LogP contribution in [0.15, 0.2) is 52.3 Å². The number of carboxylic acid groups (broad SMARTS) is 1. The molecule has 0 saturated heterocycles. The van der Waals surface area contributed by atoms with Crippen LogP contribution in [0.1, 0.15) is 36.3 Å². The van der Waals surface area contributed by atoms with Gasteiger partial charge in [0.05, 0.1) is 16.2 Å². The molecule has 0 spiro atoms. The molecular formula is C18H17FO4S. The van der Waals surface area contributed by atoms with E-state index < -0.39 is 21.6 Å². The topological polar surface area (TPSA) is 71.4 Å². The molecule has 0 bridgehead atoms. The van der Waals surface area contributed by atoms with Gasteiger partial charge < -0.3 is 5.11 Å². The van der Waals surface area contributed by atoms with E-state index in [4.69, 9.17) is 5.11 Å². The third kappa shape index (κ3) is 3.19. The zero-order valence-electron chi connectivity index (χ0n) is 12.9. The molecule has 1 unspecified atom stereocenters. The van der Waals surface area contributed by atoms with E-state index in [9.17, 15) is 17.6 Å². The number of hydrogen-bond donors (Lipinski definition) is 1. The Morgan fingerprint density at radius 1 is 1.17 bits per heavy atom. The molecule has 0 heterocycles. The average molecular weight is 348 g/mol. The Morgan fingerprint density at radius 2 is 1.92 bits per heavy atom. The van der Waals surface area contributed by atoms with Crippen molar-refractivity contribution in [3.63, 3.8) is 0 Å². The van der Waals surface area contributed by atoms with Gasteiger partial charge in [0.1, 0.15) is 5.82 Å². The zero-order valence-corrected chi connectivity index (χ0v) is 13.7. The first-order valence-corrected chi connectivity index (χ1v) is 9.21. The predicted molar refractivity (Wildman–Crippen MR) is 86.2 cm³/mol. The van der Waals surface area contributed by atoms with Gasteiger partial charge in [0.25, 0.3) is 0 Å². The fourth-order valence-corrected chi connectivity index (χ4v) is 4.59. The Labute approximate surface area is 139 Å². The largest absolute Gasteiger partial charge is 0.481 e. The Kier molecular flexibility index (Phi) is 4.41. The lowest BCUT2D eigenvalue weighted by atomic mass is 9.81. The number of aliphatic carboxylic acids is 1. The van der Waals surface area contributed by atoms with Crippen molar-refractivity contribution in [2.24, 2.45) is 0 Å². The summed E-state index contributed by atoms with van der Waals surface area (Å²) in [5.41, 5.74) is 1.77. The molecule has 4 nitrogen and oxygen atoms in total. The van der Waals surface area contributed by atoms with Crippen LogP contribution in [0.4, 0.5) is 4.39 Å². The Balaban J connectivity index is 2.01. The van der Waals surface area contributed by atoms with Gasteiger partial charge in [-0.3, -0.25) is 4.79 Å². The van der Waals surface area contributed by atoms with E-state index in [2.05, 4.69) is 0 Å². The van der Waals surface area contributed by atoms with Crippen molar-refractivity contribution in [3.05, 3.63) is 59.4 Å². The minimum Gasteiger partial charge on any atom is -0.481 e. The molecule has 24 heavy (non-hydrogen) atoms. The van der Waals surface area contributed by atoms with E-state index in [0.717, 1.165) is 36.5 Å². The quantitative estimate of drug-likeness (QED) is 0.917. The minimum atomic E-state index is -3.79. The first-order valence-electron chi connectivity index (χ1n) is 7.73. The SMILES string of the molecule is O=C(O)CC1CCCc2cc(S(=O)(=O)c3cccc(F)c3)ccc21. The van der Waals surface area contributed by atoms with Gasteiger partial charge in [-0.25, -0.2) is 12.8 Å². The lowest BCUT2D eigenvalue weighted by Gasteiger charge is -2.24. The van der Waals surface area contributed by atoms with E-state index >= 15 is 0 Å². The molecule has 126 valence electrons. The summed E-state index contributed by atoms with van der Waals surface area (Å²) in [4.78, 5) is 11.0. The van der Waals surface area contributed by atoms with E-state index in [-0.39, 0.29) is 22.1 Å². The molecule has 1 atom stereocenters. The van der Waals surface area contributed by atoms with Crippen molar-refractivity contribution in [2.75, 3.05) is 0 Å². The van der Waals surface area contributed by atoms with Crippen LogP contribution in [0.3, 0.4) is 0 Å². The summed E-state index contributed by atoms with van der Waals surface area (Å²) in [6.07, 6.45) is 2.38. The normalized spacial score (nSPS) is 17.3. The van der Waals surface area contributed by atoms with Gasteiger partial charge in [-0.1, -0.05) is 12.1 Å². The Morgan fingerprint density at radius 3 is 2.62 bits per heavy atom. The van der Waals surface area contributed by atoms with Crippen molar-refractivity contribution in [2.45, 2.75) is 41.4 Å². The van der Waals surface area contributed by atoms with E-state index in [1.165, 1.54) is 24.3 Å². The molecular weight excluding hydrogens is 331 g/mol. The molecule has 2 aromatic rings. The molecule has 6 heteroatoms. The van der Waals surface area contributed by atoms with Crippen LogP contribution in [0.2, 0.25) is 0 Å². The van der Waals surface area contributed by atoms with E-state index in [1.54, 1.807) is 12.1 Å². The first-order chi connectivity index (χ1) is 11.4. The molecule has 1 aliphatic carbocycles. The Hall–Kier alpha value is -2.21. The van der Waals surface area contributed by atoms with Gasteiger partial charge >= 0.3 is 5.97 Å². The molecule has 3 rings (SSSR count). The summed E-state index contributed by atoms with van der Waals surface area (Å²) in [6.45, 7) is 0. The summed E-state index contributed by atoms with van der Waals surface area (Å²) < 4.78 is 38.7. The second-order valence-electron chi connectivity index (χ2n) is 6.01. The average Bonchev–Trinajstić information content (AvgIpc) is 2.54. The van der Waals surface area contributed by atoms with Crippen LogP contribution in [0.5, 0.6) is 0 Å². The maximum absolute atomic E-state index is 13.3. The predicted octanol–water partition coefficient (Wildman–Crippen LogP) is 3.55. The maximum atomic E-state index is 13.3. The van der Waals surface area contributed by atoms with Gasteiger partial charge in [-0.15, -0.1) is 0 Å². The van der Waals surface area contributed by atoms with Crippen molar-refractivity contribution >= 4 is 15.8 Å². The van der Waals surface area contributed by atoms with Crippen molar-refractivity contribution in [1.82, 2.24) is 0 Å². The first kappa shape index (κ1) is 16.6. The summed E-state index contributed by atoms with van der Waals surface area (Å²) in [5.74, 6) is -1.54. The number of fused-ring (bicyclic) bond motifs is 1. The van der Waals surface area contributed by atoms with Crippen LogP contribution in [-0.2, 0) is 21.1 Å². The molecule has 1 N–H and O–H groups in total. The van der Waals surface area contributed by atoms with Crippen LogP contribution in [0, 0.1) is 5.82 Å². The number of carboxylic acids is 1. The lowest BCUT2D eigenvalue weighted by Crippen LogP contribution is -2.14. The van der Waals surface area contributed by atoms with Crippen molar-refractivity contribution < 1.29 is 22.7 Å². The molecule has 0 amide bonds. The summed E-state index contributed by atoms with van der Waals surface area (Å²) in [6, 6.07) is 9.72. The summed E-state index contributed by atoms with van der Waals surface area (Å²) in [5, 5.41) is 9.02. The van der Waals surface area contributed by atoms with Crippen LogP contribution < -0.4 is 0 Å². The van der Waals surface area contributed by atoms with E-state index in [1.807, 2.05) is 0 Å². The fraction of sp³-hybridized carbons (Fsp3) is 0.278. The van der Waals surface area contributed by atoms with Gasteiger partial charge in [-0.05, 0) is 66.6 Å². The summed E-state index contributed by atoms with van der Waals surface area (Å²) >= 11 is 0. The molecule has 2 aromatic carbocycles. The lowest BCUT2D eigenvalue weighted by molar-refractivity contribution is -0.137. The van der Waals surface area contributed by atoms with Crippen molar-refractivity contribution in [3.8, 4) is 0 Å². The molecule has 0 saturated carbocycles. The highest BCUT2D eigenvalue weighted by molar-refractivity contribution is 7.91. The highest BCUT2D eigenvalue weighted by Crippen LogP contribution is 2.36. The van der Waals surface area contributed by atoms with Crippen LogP contribution in [-0.4, -0.2) is 19.5 Å². The van der Waals surface area contributed by atoms with Crippen LogP contribution >= 0.6 is 0 Å². The fourth-order valence-electron chi connectivity index (χ4n) is 3.25. The number of rotatable bonds is 4. The maximum Gasteiger partial charge on any atom is 0.303 e. The summed E-state index contributed by atoms with van der Waals surface area (Å²) in [7, 11) is -3.79. The molecule has 1 aliphatic rings. The molecule has 0 aliphatic heterocycles. The number of halogens is 1. The Bertz CT molecular complexity index is 890. The van der Waals surface area contributed by atoms with Crippen molar-refractivity contribution in [1.29, 1.82) is 0 Å². The zero-order chi connectivity index (χ0) is 17.3. The number of aryl methyl sites for hydroxylation is 1. The molecule has 0 fully saturated rings. The highest BCUT2D eigenvalue weighted by atomic mass is 32.2. The van der Waals surface area contributed by atoms with Gasteiger partial charge in [0.15, 0.2) is 0 Å². The van der Waals surface area contributed by atoms with E-state index in [0.29, 0.717) is 0 Å². The third-order valence-electron chi connectivity index (χ3n) is 4.39. The van der Waals surface area contributed by atoms with Gasteiger partial charge in [0, 0.05) is 0 Å². The standard InChI is InChI=1S/C18H17FO4S/c19-14-5-2-6-15(11-14)24(22,23)16-7-8-17-12(9-16)3-1-4-13(17)10-18(20)21/h2,5-9,11,13H,1,3-4,10H2,(H,20,21). The van der Waals surface area contributed by atoms with Crippen LogP contribution in [0.25, 0.3) is 0 Å². The van der Waals surface area contributed by atoms with Gasteiger partial charge in [-0.2, -0.15) is 0 Å². The number of benzene rings is 2.